The average Bonchev–Trinajstić information content (AvgIpc) is 2.30. The first-order chi connectivity index (χ1) is 8.28. The van der Waals surface area contributed by atoms with Crippen LogP contribution >= 0.6 is 0 Å². The van der Waals surface area contributed by atoms with Gasteiger partial charge in [-0.25, -0.2) is 0 Å². The lowest BCUT2D eigenvalue weighted by atomic mass is 10.0. The Bertz CT molecular complexity index is 128. The van der Waals surface area contributed by atoms with E-state index in [2.05, 4.69) is 12.2 Å². The zero-order chi connectivity index (χ0) is 12.9. The molecule has 0 radical (unpaired) electrons. The minimum absolute atomic E-state index is 0.151. The van der Waals surface area contributed by atoms with Gasteiger partial charge in [0, 0.05) is 26.4 Å². The van der Waals surface area contributed by atoms with Gasteiger partial charge in [-0.3, -0.25) is 0 Å². The van der Waals surface area contributed by atoms with Crippen molar-refractivity contribution < 1.29 is 14.6 Å². The molecule has 0 aliphatic carbocycles. The Morgan fingerprint density at radius 3 is 2.12 bits per heavy atom. The molecule has 0 saturated heterocycles. The van der Waals surface area contributed by atoms with Crippen LogP contribution in [0.4, 0.5) is 0 Å². The molecule has 1 unspecified atom stereocenters. The number of ether oxygens (including phenoxy) is 2. The summed E-state index contributed by atoms with van der Waals surface area (Å²) in [6.07, 6.45) is 3.03. The molecule has 0 rings (SSSR count). The summed E-state index contributed by atoms with van der Waals surface area (Å²) in [4.78, 5) is 0. The van der Waals surface area contributed by atoms with Crippen molar-refractivity contribution in [1.29, 1.82) is 0 Å². The smallest absolute Gasteiger partial charge is 0.169 e. The topological polar surface area (TPSA) is 50.7 Å². The Labute approximate surface area is 106 Å². The molecule has 0 aliphatic heterocycles. The second-order valence-corrected chi connectivity index (χ2v) is 4.17. The fourth-order valence-corrected chi connectivity index (χ4v) is 1.88. The lowest BCUT2D eigenvalue weighted by Gasteiger charge is -2.20. The number of aliphatic hydroxyl groups excluding tert-OH is 1. The average molecular weight is 247 g/mol. The monoisotopic (exact) mass is 247 g/mol. The van der Waals surface area contributed by atoms with Crippen LogP contribution in [0.5, 0.6) is 0 Å². The van der Waals surface area contributed by atoms with Crippen LogP contribution in [0, 0.1) is 5.92 Å². The van der Waals surface area contributed by atoms with Crippen molar-refractivity contribution in [3.05, 3.63) is 0 Å². The van der Waals surface area contributed by atoms with Gasteiger partial charge in [0.25, 0.3) is 0 Å². The van der Waals surface area contributed by atoms with Crippen LogP contribution in [-0.2, 0) is 9.47 Å². The summed E-state index contributed by atoms with van der Waals surface area (Å²) in [5.74, 6) is 0.550. The van der Waals surface area contributed by atoms with Gasteiger partial charge in [-0.1, -0.05) is 13.3 Å². The standard InChI is InChI=1S/C13H29NO3/c1-4-7-12(8-9-15)10-14-11-13(16-5-2)17-6-3/h12-15H,4-11H2,1-3H3. The first-order valence-electron chi connectivity index (χ1n) is 6.83. The van der Waals surface area contributed by atoms with Crippen molar-refractivity contribution in [2.75, 3.05) is 32.9 Å². The molecule has 0 aromatic carbocycles. The minimum atomic E-state index is -0.151. The van der Waals surface area contributed by atoms with Crippen molar-refractivity contribution in [3.63, 3.8) is 0 Å². The molecule has 0 heterocycles. The van der Waals surface area contributed by atoms with Gasteiger partial charge in [0.2, 0.25) is 0 Å². The lowest BCUT2D eigenvalue weighted by Crippen LogP contribution is -2.34. The molecule has 0 fully saturated rings. The highest BCUT2D eigenvalue weighted by Crippen LogP contribution is 2.09. The predicted octanol–water partition coefficient (Wildman–Crippen LogP) is 1.77. The van der Waals surface area contributed by atoms with Crippen LogP contribution in [-0.4, -0.2) is 44.3 Å². The molecule has 0 aromatic heterocycles. The molecule has 0 bridgehead atoms. The van der Waals surface area contributed by atoms with E-state index < -0.39 is 0 Å². The van der Waals surface area contributed by atoms with E-state index in [9.17, 15) is 0 Å². The third kappa shape index (κ3) is 9.53. The zero-order valence-corrected chi connectivity index (χ0v) is 11.6. The molecule has 104 valence electrons. The van der Waals surface area contributed by atoms with Gasteiger partial charge >= 0.3 is 0 Å². The Hall–Kier alpha value is -0.160. The summed E-state index contributed by atoms with van der Waals surface area (Å²) in [6.45, 7) is 9.36. The molecule has 0 amide bonds. The van der Waals surface area contributed by atoms with Crippen LogP contribution in [0.2, 0.25) is 0 Å². The van der Waals surface area contributed by atoms with Gasteiger partial charge in [0.05, 0.1) is 0 Å². The Balaban J connectivity index is 3.73. The minimum Gasteiger partial charge on any atom is -0.396 e. The van der Waals surface area contributed by atoms with Crippen molar-refractivity contribution in [2.45, 2.75) is 46.3 Å². The summed E-state index contributed by atoms with van der Waals surface area (Å²) in [5, 5.41) is 12.3. The third-order valence-corrected chi connectivity index (χ3v) is 2.68. The molecule has 4 heteroatoms. The largest absolute Gasteiger partial charge is 0.396 e. The van der Waals surface area contributed by atoms with E-state index in [1.54, 1.807) is 0 Å². The molecule has 4 nitrogen and oxygen atoms in total. The second-order valence-electron chi connectivity index (χ2n) is 4.17. The zero-order valence-electron chi connectivity index (χ0n) is 11.6. The lowest BCUT2D eigenvalue weighted by molar-refractivity contribution is -0.133. The molecule has 0 saturated carbocycles. The van der Waals surface area contributed by atoms with Gasteiger partial charge < -0.3 is 19.9 Å². The first-order valence-corrected chi connectivity index (χ1v) is 6.83. The van der Waals surface area contributed by atoms with Crippen LogP contribution < -0.4 is 5.32 Å². The molecule has 0 spiro atoms. The number of aliphatic hydroxyl groups is 1. The quantitative estimate of drug-likeness (QED) is 0.516. The maximum Gasteiger partial charge on any atom is 0.169 e. The SMILES string of the molecule is CCCC(CCO)CNCC(OCC)OCC. The van der Waals surface area contributed by atoms with E-state index in [0.29, 0.717) is 25.7 Å². The number of hydrogen-bond acceptors (Lipinski definition) is 4. The molecule has 0 aromatic rings. The van der Waals surface area contributed by atoms with E-state index in [4.69, 9.17) is 14.6 Å². The van der Waals surface area contributed by atoms with Crippen LogP contribution in [0.25, 0.3) is 0 Å². The fourth-order valence-electron chi connectivity index (χ4n) is 1.88. The van der Waals surface area contributed by atoms with Crippen molar-refractivity contribution in [2.24, 2.45) is 5.92 Å². The predicted molar refractivity (Wildman–Crippen MR) is 70.0 cm³/mol. The summed E-state index contributed by atoms with van der Waals surface area (Å²) >= 11 is 0. The van der Waals surface area contributed by atoms with Crippen LogP contribution in [0.1, 0.15) is 40.0 Å². The molecular weight excluding hydrogens is 218 g/mol. The van der Waals surface area contributed by atoms with E-state index >= 15 is 0 Å². The van der Waals surface area contributed by atoms with Crippen molar-refractivity contribution in [1.82, 2.24) is 5.32 Å². The molecular formula is C13H29NO3. The highest BCUT2D eigenvalue weighted by molar-refractivity contribution is 4.63. The highest BCUT2D eigenvalue weighted by atomic mass is 16.7. The van der Waals surface area contributed by atoms with Gasteiger partial charge in [0.1, 0.15) is 0 Å². The Kier molecular flexibility index (Phi) is 12.2. The second kappa shape index (κ2) is 12.3. The summed E-state index contributed by atoms with van der Waals surface area (Å²) < 4.78 is 10.9. The summed E-state index contributed by atoms with van der Waals surface area (Å²) in [7, 11) is 0. The molecule has 2 N–H and O–H groups in total. The normalized spacial score (nSPS) is 13.2. The number of nitrogens with one attached hydrogen (secondary N) is 1. The van der Waals surface area contributed by atoms with Gasteiger partial charge in [-0.2, -0.15) is 0 Å². The van der Waals surface area contributed by atoms with E-state index in [1.165, 1.54) is 0 Å². The van der Waals surface area contributed by atoms with E-state index in [-0.39, 0.29) is 12.9 Å². The Morgan fingerprint density at radius 1 is 1.00 bits per heavy atom. The maximum atomic E-state index is 8.96. The van der Waals surface area contributed by atoms with Crippen LogP contribution in [0.15, 0.2) is 0 Å². The van der Waals surface area contributed by atoms with Gasteiger partial charge in [-0.15, -0.1) is 0 Å². The fraction of sp³-hybridized carbons (Fsp3) is 1.00. The highest BCUT2D eigenvalue weighted by Gasteiger charge is 2.10. The molecule has 1 atom stereocenters. The maximum absolute atomic E-state index is 8.96. The van der Waals surface area contributed by atoms with Crippen molar-refractivity contribution in [3.8, 4) is 0 Å². The number of hydrogen-bond donors (Lipinski definition) is 2. The van der Waals surface area contributed by atoms with Crippen LogP contribution in [0.3, 0.4) is 0 Å². The summed E-state index contributed by atoms with van der Waals surface area (Å²) in [6, 6.07) is 0. The number of rotatable bonds is 12. The molecule has 17 heavy (non-hydrogen) atoms. The van der Waals surface area contributed by atoms with E-state index in [0.717, 1.165) is 25.8 Å². The van der Waals surface area contributed by atoms with Crippen molar-refractivity contribution >= 4 is 0 Å². The third-order valence-electron chi connectivity index (χ3n) is 2.68. The molecule has 0 aliphatic rings. The first kappa shape index (κ1) is 16.8. The summed E-state index contributed by atoms with van der Waals surface area (Å²) in [5.41, 5.74) is 0. The van der Waals surface area contributed by atoms with E-state index in [1.807, 2.05) is 13.8 Å². The van der Waals surface area contributed by atoms with Gasteiger partial charge in [0.15, 0.2) is 6.29 Å². The Morgan fingerprint density at radius 2 is 1.65 bits per heavy atom. The van der Waals surface area contributed by atoms with Gasteiger partial charge in [-0.05, 0) is 39.2 Å².